The van der Waals surface area contributed by atoms with Crippen molar-refractivity contribution in [3.63, 3.8) is 0 Å². The second-order valence-corrected chi connectivity index (χ2v) is 12.0. The largest absolute Gasteiger partial charge is 0.388 e. The summed E-state index contributed by atoms with van der Waals surface area (Å²) in [4.78, 5) is 43.9. The first-order valence-electron chi connectivity index (χ1n) is 15.2. The van der Waals surface area contributed by atoms with Gasteiger partial charge in [0, 0.05) is 37.8 Å². The van der Waals surface area contributed by atoms with Crippen LogP contribution in [-0.4, -0.2) is 133 Å². The van der Waals surface area contributed by atoms with Crippen LogP contribution in [0.3, 0.4) is 0 Å². The molecule has 5 N–H and O–H groups in total. The smallest absolute Gasteiger partial charge is 0.255 e. The van der Waals surface area contributed by atoms with Gasteiger partial charge in [-0.1, -0.05) is 18.1 Å². The van der Waals surface area contributed by atoms with Crippen LogP contribution < -0.4 is 10.6 Å². The maximum absolute atomic E-state index is 13.8. The molecule has 44 heavy (non-hydrogen) atoms. The third kappa shape index (κ3) is 6.06. The number of hydrogen-bond acceptors (Lipinski definition) is 10. The molecule has 4 aliphatic rings. The van der Waals surface area contributed by atoms with Crippen LogP contribution in [0.2, 0.25) is 0 Å². The Balaban J connectivity index is 1.27. The molecule has 4 heterocycles. The van der Waals surface area contributed by atoms with E-state index in [2.05, 4.69) is 20.9 Å². The topological polar surface area (TPSA) is 182 Å². The van der Waals surface area contributed by atoms with E-state index >= 15 is 0 Å². The van der Waals surface area contributed by atoms with Gasteiger partial charge in [0.05, 0.1) is 18.8 Å². The lowest BCUT2D eigenvalue weighted by Gasteiger charge is -2.42. The fourth-order valence-corrected chi connectivity index (χ4v) is 6.70. The monoisotopic (exact) mass is 615 g/mol. The molecule has 1 aromatic carbocycles. The zero-order valence-corrected chi connectivity index (χ0v) is 24.2. The van der Waals surface area contributed by atoms with E-state index in [1.165, 1.54) is 26.6 Å². The third-order valence-electron chi connectivity index (χ3n) is 9.19. The van der Waals surface area contributed by atoms with E-state index in [4.69, 9.17) is 4.74 Å². The van der Waals surface area contributed by atoms with Crippen LogP contribution in [0.4, 0.5) is 4.39 Å². The Bertz CT molecular complexity index is 1350. The summed E-state index contributed by atoms with van der Waals surface area (Å²) in [5, 5.41) is 46.4. The van der Waals surface area contributed by atoms with E-state index in [1.807, 2.05) is 0 Å². The number of ether oxygens (including phenoxy) is 1. The number of aliphatic hydroxyl groups is 3. The van der Waals surface area contributed by atoms with Crippen molar-refractivity contribution < 1.29 is 38.8 Å². The second kappa shape index (κ2) is 12.9. The van der Waals surface area contributed by atoms with Gasteiger partial charge in [0.2, 0.25) is 11.8 Å². The lowest BCUT2D eigenvalue weighted by Crippen LogP contribution is -2.65. The number of fused-ring (bicyclic) bond motifs is 3. The van der Waals surface area contributed by atoms with E-state index in [0.717, 1.165) is 25.7 Å². The molecule has 0 unspecified atom stereocenters. The third-order valence-corrected chi connectivity index (χ3v) is 9.19. The van der Waals surface area contributed by atoms with Gasteiger partial charge in [-0.3, -0.25) is 14.4 Å². The summed E-state index contributed by atoms with van der Waals surface area (Å²) >= 11 is 0. The van der Waals surface area contributed by atoms with Crippen LogP contribution in [0.5, 0.6) is 0 Å². The van der Waals surface area contributed by atoms with Crippen LogP contribution >= 0.6 is 0 Å². The molecule has 0 radical (unpaired) electrons. The number of nitrogens with one attached hydrogen (secondary N) is 2. The van der Waals surface area contributed by atoms with Crippen molar-refractivity contribution in [3.8, 4) is 11.3 Å². The van der Waals surface area contributed by atoms with Gasteiger partial charge in [-0.2, -0.15) is 0 Å². The number of carbonyl (C=O) groups excluding carboxylic acids is 3. The molecule has 4 fully saturated rings. The molecular formula is C29H38FN7O7. The van der Waals surface area contributed by atoms with Crippen molar-refractivity contribution >= 4 is 17.7 Å². The molecule has 1 aliphatic carbocycles. The predicted octanol–water partition coefficient (Wildman–Crippen LogP) is -1.43. The maximum Gasteiger partial charge on any atom is 0.255 e. The van der Waals surface area contributed by atoms with Gasteiger partial charge in [0.15, 0.2) is 6.10 Å². The van der Waals surface area contributed by atoms with Crippen molar-refractivity contribution in [1.82, 2.24) is 35.4 Å². The molecule has 7 atom stereocenters. The number of aliphatic hydroxyl groups excluding tert-OH is 3. The molecule has 3 saturated heterocycles. The Morgan fingerprint density at radius 2 is 1.77 bits per heavy atom. The lowest BCUT2D eigenvalue weighted by molar-refractivity contribution is -0.223. The van der Waals surface area contributed by atoms with E-state index in [1.54, 1.807) is 18.3 Å². The van der Waals surface area contributed by atoms with Crippen LogP contribution in [-0.2, 0) is 19.1 Å². The summed E-state index contributed by atoms with van der Waals surface area (Å²) in [7, 11) is 0. The van der Waals surface area contributed by atoms with Gasteiger partial charge < -0.3 is 40.5 Å². The molecule has 3 amide bonds. The molecule has 14 nitrogen and oxygen atoms in total. The standard InChI is InChI=1S/C29H38FN7O7/c30-17-7-5-16(6-8-17)19-14-37(34-33-19)20-9-11-36-22(38)15-35(12-10-31-18-3-1-2-4-18)29(43)27-26(41)25(40)24(39)21(44-27)13-32-28(42)23(20)36/h5-8,14,18,20-21,23-27,31,39-41H,1-4,9-13,15H2,(H,32,42)/t20-,21+,23+,24+,25-,26-,27+/m1/s1. The van der Waals surface area contributed by atoms with Gasteiger partial charge in [0.25, 0.3) is 5.91 Å². The average molecular weight is 616 g/mol. The van der Waals surface area contributed by atoms with Crippen LogP contribution in [0.15, 0.2) is 30.5 Å². The number of nitrogens with zero attached hydrogens (tertiary/aromatic N) is 5. The summed E-state index contributed by atoms with van der Waals surface area (Å²) in [6.07, 6.45) is -1.40. The SMILES string of the molecule is O=C1NC[C@@H]2O[C@H](C(=O)N(CCNC3CCCC3)CC(=O)N3CC[C@@H](n4cc(-c5ccc(F)cc5)nn4)[C@@H]13)[C@H](O)[C@H](O)[C@H]2O. The highest BCUT2D eigenvalue weighted by Gasteiger charge is 2.50. The van der Waals surface area contributed by atoms with Crippen LogP contribution in [0.1, 0.15) is 38.1 Å². The molecule has 0 spiro atoms. The van der Waals surface area contributed by atoms with E-state index in [-0.39, 0.29) is 26.2 Å². The van der Waals surface area contributed by atoms with Crippen molar-refractivity contribution in [3.05, 3.63) is 36.3 Å². The molecule has 15 heteroatoms. The normalized spacial score (nSPS) is 31.9. The Hall–Kier alpha value is -3.50. The highest BCUT2D eigenvalue weighted by atomic mass is 19.1. The van der Waals surface area contributed by atoms with Crippen LogP contribution in [0.25, 0.3) is 11.3 Å². The first-order valence-corrected chi connectivity index (χ1v) is 15.2. The summed E-state index contributed by atoms with van der Waals surface area (Å²) in [5.74, 6) is -2.08. The number of carbonyl (C=O) groups is 3. The van der Waals surface area contributed by atoms with Crippen molar-refractivity contribution in [2.75, 3.05) is 32.7 Å². The Morgan fingerprint density at radius 3 is 2.52 bits per heavy atom. The molecule has 6 rings (SSSR count). The predicted molar refractivity (Wildman–Crippen MR) is 151 cm³/mol. The quantitative estimate of drug-likeness (QED) is 0.258. The van der Waals surface area contributed by atoms with Crippen molar-refractivity contribution in [2.24, 2.45) is 0 Å². The van der Waals surface area contributed by atoms with E-state index < -0.39 is 66.1 Å². The molecule has 2 aromatic rings. The average Bonchev–Trinajstić information content (AvgIpc) is 3.80. The minimum atomic E-state index is -1.72. The van der Waals surface area contributed by atoms with Crippen molar-refractivity contribution in [2.45, 2.75) is 80.7 Å². The molecule has 238 valence electrons. The Morgan fingerprint density at radius 1 is 1.02 bits per heavy atom. The van der Waals surface area contributed by atoms with Gasteiger partial charge >= 0.3 is 0 Å². The number of aromatic nitrogens is 3. The summed E-state index contributed by atoms with van der Waals surface area (Å²) in [6.45, 7) is 0.0903. The molecule has 3 aliphatic heterocycles. The maximum atomic E-state index is 13.8. The number of rotatable bonds is 6. The number of hydrogen-bond donors (Lipinski definition) is 5. The highest BCUT2D eigenvalue weighted by molar-refractivity contribution is 5.92. The van der Waals surface area contributed by atoms with Gasteiger partial charge in [-0.15, -0.1) is 5.10 Å². The number of halogens is 1. The fraction of sp³-hybridized carbons (Fsp3) is 0.621. The van der Waals surface area contributed by atoms with Gasteiger partial charge in [-0.05, 0) is 43.5 Å². The van der Waals surface area contributed by atoms with Gasteiger partial charge in [0.1, 0.15) is 42.0 Å². The zero-order valence-electron chi connectivity index (χ0n) is 24.2. The van der Waals surface area contributed by atoms with Gasteiger partial charge in [-0.25, -0.2) is 9.07 Å². The molecule has 2 bridgehead atoms. The molecule has 1 saturated carbocycles. The Labute approximate surface area is 253 Å². The van der Waals surface area contributed by atoms with Crippen LogP contribution in [0, 0.1) is 5.82 Å². The summed E-state index contributed by atoms with van der Waals surface area (Å²) in [5.41, 5.74) is 1.10. The van der Waals surface area contributed by atoms with E-state index in [0.29, 0.717) is 30.3 Å². The van der Waals surface area contributed by atoms with E-state index in [9.17, 15) is 34.1 Å². The zero-order chi connectivity index (χ0) is 31.0. The number of benzene rings is 1. The highest BCUT2D eigenvalue weighted by Crippen LogP contribution is 2.31. The first kappa shape index (κ1) is 30.5. The first-order chi connectivity index (χ1) is 21.2. The minimum absolute atomic E-state index is 0.134. The Kier molecular flexibility index (Phi) is 8.91. The summed E-state index contributed by atoms with van der Waals surface area (Å²) in [6, 6.07) is 4.45. The second-order valence-electron chi connectivity index (χ2n) is 12.0. The van der Waals surface area contributed by atoms with Crippen molar-refractivity contribution in [1.29, 1.82) is 0 Å². The minimum Gasteiger partial charge on any atom is -0.388 e. The number of amides is 3. The summed E-state index contributed by atoms with van der Waals surface area (Å²) < 4.78 is 20.7. The fourth-order valence-electron chi connectivity index (χ4n) is 6.70. The lowest BCUT2D eigenvalue weighted by atomic mass is 9.93. The molecular weight excluding hydrogens is 577 g/mol. The molecule has 1 aromatic heterocycles.